The van der Waals surface area contributed by atoms with Gasteiger partial charge in [0, 0.05) is 24.5 Å². The van der Waals surface area contributed by atoms with E-state index in [1.54, 1.807) is 18.7 Å². The number of H-pyrrole nitrogens is 1. The quantitative estimate of drug-likeness (QED) is 0.715. The van der Waals surface area contributed by atoms with E-state index in [0.717, 1.165) is 17.0 Å². The van der Waals surface area contributed by atoms with Crippen LogP contribution in [0, 0.1) is 0 Å². The molecule has 1 aliphatic heterocycles. The highest BCUT2D eigenvalue weighted by molar-refractivity contribution is 5.74. The van der Waals surface area contributed by atoms with Gasteiger partial charge in [0.25, 0.3) is 0 Å². The molecule has 6 heteroatoms. The van der Waals surface area contributed by atoms with Gasteiger partial charge in [-0.2, -0.15) is 0 Å². The molecule has 0 saturated heterocycles. The number of imidazole rings is 1. The zero-order valence-electron chi connectivity index (χ0n) is 9.50. The van der Waals surface area contributed by atoms with Crippen LogP contribution < -0.4 is 5.32 Å². The predicted molar refractivity (Wildman–Crippen MR) is 62.9 cm³/mol. The lowest BCUT2D eigenvalue weighted by atomic mass is 9.95. The van der Waals surface area contributed by atoms with Crippen molar-refractivity contribution in [2.75, 3.05) is 0 Å². The average molecular weight is 244 g/mol. The Hall–Kier alpha value is -2.21. The number of rotatable bonds is 2. The molecule has 1 unspecified atom stereocenters. The number of nitrogens with zero attached hydrogens (tertiary/aromatic N) is 2. The fraction of sp³-hybridized carbons (Fsp3) is 0.250. The van der Waals surface area contributed by atoms with Crippen LogP contribution >= 0.6 is 0 Å². The summed E-state index contributed by atoms with van der Waals surface area (Å²) in [7, 11) is 0. The van der Waals surface area contributed by atoms with Gasteiger partial charge in [-0.1, -0.05) is 6.07 Å². The number of carboxylic acids is 1. The van der Waals surface area contributed by atoms with Crippen LogP contribution in [-0.2, 0) is 11.2 Å². The van der Waals surface area contributed by atoms with E-state index in [9.17, 15) is 4.79 Å². The van der Waals surface area contributed by atoms with Crippen LogP contribution in [0.1, 0.15) is 23.0 Å². The van der Waals surface area contributed by atoms with Crippen molar-refractivity contribution < 1.29 is 9.90 Å². The first kappa shape index (κ1) is 10.9. The van der Waals surface area contributed by atoms with Crippen molar-refractivity contribution in [1.82, 2.24) is 20.3 Å². The number of carbonyl (C=O) groups is 1. The van der Waals surface area contributed by atoms with Gasteiger partial charge >= 0.3 is 5.97 Å². The minimum atomic E-state index is -0.857. The highest BCUT2D eigenvalue weighted by atomic mass is 16.4. The second kappa shape index (κ2) is 4.23. The van der Waals surface area contributed by atoms with E-state index in [4.69, 9.17) is 5.11 Å². The Balaban J connectivity index is 2.02. The largest absolute Gasteiger partial charge is 0.480 e. The normalized spacial score (nSPS) is 22.4. The van der Waals surface area contributed by atoms with E-state index in [1.807, 2.05) is 12.1 Å². The molecule has 0 fully saturated rings. The first-order valence-corrected chi connectivity index (χ1v) is 5.66. The van der Waals surface area contributed by atoms with Gasteiger partial charge in [0.15, 0.2) is 0 Å². The van der Waals surface area contributed by atoms with Gasteiger partial charge in [-0.15, -0.1) is 0 Å². The second-order valence-electron chi connectivity index (χ2n) is 4.25. The lowest BCUT2D eigenvalue weighted by Gasteiger charge is -2.27. The zero-order chi connectivity index (χ0) is 12.5. The van der Waals surface area contributed by atoms with E-state index >= 15 is 0 Å². The molecule has 92 valence electrons. The van der Waals surface area contributed by atoms with Gasteiger partial charge in [0.2, 0.25) is 0 Å². The molecule has 1 aliphatic rings. The summed E-state index contributed by atoms with van der Waals surface area (Å²) < 4.78 is 0. The smallest absolute Gasteiger partial charge is 0.321 e. The summed E-state index contributed by atoms with van der Waals surface area (Å²) in [6, 6.07) is 2.90. The maximum Gasteiger partial charge on any atom is 0.321 e. The van der Waals surface area contributed by atoms with Gasteiger partial charge in [-0.25, -0.2) is 4.98 Å². The SMILES string of the molecule is O=C(O)[C@@H]1Cc2[nH]cnc2C(c2cccnc2)N1. The molecule has 0 radical (unpaired) electrons. The van der Waals surface area contributed by atoms with Crippen molar-refractivity contribution in [3.8, 4) is 0 Å². The molecule has 0 bridgehead atoms. The fourth-order valence-corrected chi connectivity index (χ4v) is 2.25. The van der Waals surface area contributed by atoms with Crippen LogP contribution in [0.5, 0.6) is 0 Å². The molecule has 0 amide bonds. The molecule has 2 aromatic rings. The molecule has 2 aromatic heterocycles. The van der Waals surface area contributed by atoms with Gasteiger partial charge in [0.05, 0.1) is 18.1 Å². The minimum absolute atomic E-state index is 0.227. The summed E-state index contributed by atoms with van der Waals surface area (Å²) in [5.41, 5.74) is 2.63. The molecule has 3 N–H and O–H groups in total. The van der Waals surface area contributed by atoms with Crippen molar-refractivity contribution in [1.29, 1.82) is 0 Å². The molecule has 0 saturated carbocycles. The molecular weight excluding hydrogens is 232 g/mol. The Labute approximate surface area is 103 Å². The summed E-state index contributed by atoms with van der Waals surface area (Å²) in [6.07, 6.45) is 5.42. The van der Waals surface area contributed by atoms with Crippen molar-refractivity contribution in [2.24, 2.45) is 0 Å². The number of aromatic amines is 1. The first-order valence-electron chi connectivity index (χ1n) is 5.66. The summed E-state index contributed by atoms with van der Waals surface area (Å²) in [6.45, 7) is 0. The van der Waals surface area contributed by atoms with Crippen LogP contribution in [-0.4, -0.2) is 32.1 Å². The van der Waals surface area contributed by atoms with Crippen molar-refractivity contribution in [2.45, 2.75) is 18.5 Å². The molecule has 0 aliphatic carbocycles. The Bertz CT molecular complexity index is 566. The third-order valence-corrected chi connectivity index (χ3v) is 3.12. The van der Waals surface area contributed by atoms with E-state index < -0.39 is 12.0 Å². The maximum absolute atomic E-state index is 11.2. The minimum Gasteiger partial charge on any atom is -0.480 e. The number of pyridine rings is 1. The fourth-order valence-electron chi connectivity index (χ4n) is 2.25. The Morgan fingerprint density at radius 2 is 2.39 bits per heavy atom. The molecule has 0 spiro atoms. The predicted octanol–water partition coefficient (Wildman–Crippen LogP) is 0.493. The third-order valence-electron chi connectivity index (χ3n) is 3.12. The van der Waals surface area contributed by atoms with Crippen molar-refractivity contribution >= 4 is 5.97 Å². The molecule has 2 atom stereocenters. The monoisotopic (exact) mass is 244 g/mol. The van der Waals surface area contributed by atoms with Crippen LogP contribution in [0.4, 0.5) is 0 Å². The van der Waals surface area contributed by atoms with Gasteiger partial charge in [0.1, 0.15) is 6.04 Å². The topological polar surface area (TPSA) is 90.9 Å². The van der Waals surface area contributed by atoms with Crippen molar-refractivity contribution in [3.63, 3.8) is 0 Å². The number of aromatic nitrogens is 3. The molecule has 6 nitrogen and oxygen atoms in total. The Kier molecular flexibility index (Phi) is 2.56. The maximum atomic E-state index is 11.2. The van der Waals surface area contributed by atoms with Crippen molar-refractivity contribution in [3.05, 3.63) is 47.8 Å². The Morgan fingerprint density at radius 1 is 1.50 bits per heavy atom. The number of fused-ring (bicyclic) bond motifs is 1. The van der Waals surface area contributed by atoms with E-state index in [0.29, 0.717) is 6.42 Å². The summed E-state index contributed by atoms with van der Waals surface area (Å²) in [5, 5.41) is 12.2. The highest BCUT2D eigenvalue weighted by Gasteiger charge is 2.33. The Morgan fingerprint density at radius 3 is 3.11 bits per heavy atom. The van der Waals surface area contributed by atoms with Crippen LogP contribution in [0.2, 0.25) is 0 Å². The van der Waals surface area contributed by atoms with Crippen LogP contribution in [0.3, 0.4) is 0 Å². The van der Waals surface area contributed by atoms with Crippen LogP contribution in [0.15, 0.2) is 30.9 Å². The zero-order valence-corrected chi connectivity index (χ0v) is 9.50. The second-order valence-corrected chi connectivity index (χ2v) is 4.25. The summed E-state index contributed by atoms with van der Waals surface area (Å²) >= 11 is 0. The number of hydrogen-bond donors (Lipinski definition) is 3. The van der Waals surface area contributed by atoms with Crippen LogP contribution in [0.25, 0.3) is 0 Å². The lowest BCUT2D eigenvalue weighted by Crippen LogP contribution is -2.45. The van der Waals surface area contributed by atoms with E-state index in [1.165, 1.54) is 0 Å². The summed E-state index contributed by atoms with van der Waals surface area (Å²) in [5.74, 6) is -0.857. The number of hydrogen-bond acceptors (Lipinski definition) is 4. The highest BCUT2D eigenvalue weighted by Crippen LogP contribution is 2.27. The number of nitrogens with one attached hydrogen (secondary N) is 2. The standard InChI is InChI=1S/C12H12N4O2/c17-12(18)9-4-8-11(15-6-14-8)10(16-9)7-2-1-3-13-5-7/h1-3,5-6,9-10,16H,4H2,(H,14,15)(H,17,18)/t9-,10?/m0/s1. The van der Waals surface area contributed by atoms with Gasteiger partial charge in [-0.05, 0) is 11.6 Å². The average Bonchev–Trinajstić information content (AvgIpc) is 2.86. The lowest BCUT2D eigenvalue weighted by molar-refractivity contribution is -0.139. The van der Waals surface area contributed by atoms with Gasteiger partial charge < -0.3 is 10.1 Å². The number of aliphatic carboxylic acids is 1. The molecular formula is C12H12N4O2. The molecule has 18 heavy (non-hydrogen) atoms. The first-order chi connectivity index (χ1) is 8.75. The third kappa shape index (κ3) is 1.76. The molecule has 0 aromatic carbocycles. The molecule has 3 heterocycles. The number of carboxylic acid groups (broad SMARTS) is 1. The summed E-state index contributed by atoms with van der Waals surface area (Å²) in [4.78, 5) is 22.5. The van der Waals surface area contributed by atoms with E-state index in [2.05, 4.69) is 20.3 Å². The van der Waals surface area contributed by atoms with Gasteiger partial charge in [-0.3, -0.25) is 15.1 Å². The molecule has 3 rings (SSSR count). The van der Waals surface area contributed by atoms with E-state index in [-0.39, 0.29) is 6.04 Å².